The molecule has 0 bridgehead atoms. The Kier molecular flexibility index (Phi) is 9.72. The number of phenols is 1. The number of phenolic OH excluding ortho intramolecular Hbond substituents is 1. The van der Waals surface area contributed by atoms with E-state index in [9.17, 15) is 28.3 Å². The molecule has 0 saturated heterocycles. The predicted octanol–water partition coefficient (Wildman–Crippen LogP) is 3.93. The average molecular weight is 689 g/mol. The van der Waals surface area contributed by atoms with Crippen LogP contribution in [-0.4, -0.2) is 69.5 Å². The molecule has 50 heavy (non-hydrogen) atoms. The summed E-state index contributed by atoms with van der Waals surface area (Å²) in [5.41, 5.74) is 13.3. The monoisotopic (exact) mass is 688 g/mol. The Morgan fingerprint density at radius 1 is 0.800 bits per heavy atom. The standard InChI is InChI=1S/C36H34F2N4O8/c1-20-2-4-26-32(12-20)48-10-11-49-33-13-21(3-5-27(33)42(19-35(40)46)7-9-47-8-6-41(26)18-34(39)45)36-22-14-24(37)28(43)16-30(22)50-31-17-29(44)25(38)15-23(31)36/h2-5,12-17,43H,6-11,18-19H2,1H3,(H2,39,45)(H2,40,46). The van der Waals surface area contributed by atoms with Crippen LogP contribution in [0.5, 0.6) is 17.2 Å². The fraction of sp³-hybridized carbons (Fsp3) is 0.250. The maximum atomic E-state index is 14.8. The lowest BCUT2D eigenvalue weighted by Gasteiger charge is -2.27. The molecule has 0 aromatic heterocycles. The molecule has 2 amide bonds. The number of nitrogens with two attached hydrogens (primary N) is 2. The summed E-state index contributed by atoms with van der Waals surface area (Å²) in [6.45, 7) is 2.67. The molecule has 0 radical (unpaired) electrons. The molecule has 3 aromatic rings. The summed E-state index contributed by atoms with van der Waals surface area (Å²) in [6.07, 6.45) is 0. The number of nitrogens with zero attached hydrogens (tertiary/aromatic N) is 2. The first kappa shape index (κ1) is 34.0. The van der Waals surface area contributed by atoms with Crippen LogP contribution in [0.2, 0.25) is 0 Å². The molecule has 14 heteroatoms. The van der Waals surface area contributed by atoms with Gasteiger partial charge in [-0.15, -0.1) is 0 Å². The van der Waals surface area contributed by atoms with Crippen LogP contribution in [-0.2, 0) is 14.3 Å². The quantitative estimate of drug-likeness (QED) is 0.230. The first-order valence-electron chi connectivity index (χ1n) is 15.7. The van der Waals surface area contributed by atoms with Gasteiger partial charge < -0.3 is 45.0 Å². The van der Waals surface area contributed by atoms with Crippen molar-refractivity contribution in [3.63, 3.8) is 0 Å². The van der Waals surface area contributed by atoms with Gasteiger partial charge in [-0.2, -0.15) is 0 Å². The molecule has 6 rings (SSSR count). The van der Waals surface area contributed by atoms with Gasteiger partial charge in [-0.1, -0.05) is 12.1 Å². The molecule has 2 heterocycles. The summed E-state index contributed by atoms with van der Waals surface area (Å²) < 4.78 is 53.6. The van der Waals surface area contributed by atoms with Crippen molar-refractivity contribution in [2.45, 2.75) is 6.92 Å². The zero-order chi connectivity index (χ0) is 35.5. The molecule has 0 saturated carbocycles. The molecule has 0 atom stereocenters. The molecule has 260 valence electrons. The van der Waals surface area contributed by atoms with Crippen molar-refractivity contribution in [3.8, 4) is 39.7 Å². The molecule has 2 aliphatic heterocycles. The first-order chi connectivity index (χ1) is 24.0. The van der Waals surface area contributed by atoms with Crippen molar-refractivity contribution in [2.24, 2.45) is 11.5 Å². The second-order valence-corrected chi connectivity index (χ2v) is 11.8. The van der Waals surface area contributed by atoms with Crippen LogP contribution in [0, 0.1) is 18.6 Å². The Hall–Kier alpha value is -5.89. The Bertz CT molecular complexity index is 2120. The van der Waals surface area contributed by atoms with E-state index in [2.05, 4.69) is 0 Å². The lowest BCUT2D eigenvalue weighted by molar-refractivity contribution is -0.117. The van der Waals surface area contributed by atoms with Crippen LogP contribution in [0.1, 0.15) is 5.56 Å². The molecule has 3 aliphatic rings. The highest BCUT2D eigenvalue weighted by Gasteiger charge is 2.24. The number of carbonyl (C=O) groups excluding carboxylic acids is 2. The third kappa shape index (κ3) is 7.25. The zero-order valence-corrected chi connectivity index (χ0v) is 27.0. The molecule has 0 fully saturated rings. The Morgan fingerprint density at radius 2 is 1.42 bits per heavy atom. The van der Waals surface area contributed by atoms with E-state index in [0.29, 0.717) is 34.8 Å². The van der Waals surface area contributed by atoms with Crippen LogP contribution in [0.15, 0.2) is 69.9 Å². The van der Waals surface area contributed by atoms with Gasteiger partial charge in [-0.3, -0.25) is 14.4 Å². The van der Waals surface area contributed by atoms with Crippen molar-refractivity contribution in [3.05, 3.63) is 88.1 Å². The van der Waals surface area contributed by atoms with E-state index in [4.69, 9.17) is 30.1 Å². The van der Waals surface area contributed by atoms with E-state index in [-0.39, 0.29) is 74.1 Å². The van der Waals surface area contributed by atoms with Crippen LogP contribution in [0.25, 0.3) is 33.4 Å². The van der Waals surface area contributed by atoms with E-state index in [0.717, 1.165) is 29.8 Å². The molecule has 3 aromatic carbocycles. The van der Waals surface area contributed by atoms with Crippen LogP contribution < -0.4 is 36.2 Å². The summed E-state index contributed by atoms with van der Waals surface area (Å²) >= 11 is 0. The second-order valence-electron chi connectivity index (χ2n) is 11.8. The number of benzene rings is 4. The number of rotatable bonds is 5. The highest BCUT2D eigenvalue weighted by atomic mass is 19.1. The normalized spacial score (nSPS) is 14.2. The molecule has 12 nitrogen and oxygen atoms in total. The number of aryl methyl sites for hydroxylation is 1. The smallest absolute Gasteiger partial charge is 0.236 e. The van der Waals surface area contributed by atoms with Gasteiger partial charge in [0.1, 0.15) is 36.1 Å². The number of aromatic hydroxyl groups is 1. The number of hydrogen-bond acceptors (Lipinski definition) is 10. The SMILES string of the molecule is Cc1ccc2c(c1)OCCOc1cc(-c3c4cc(F)c(=O)cc-4oc4cc(O)c(F)cc34)ccc1N(CC(N)=O)CCOCCN2CC(N)=O. The number of anilines is 2. The van der Waals surface area contributed by atoms with Crippen LogP contribution in [0.4, 0.5) is 20.2 Å². The molecule has 1 aliphatic carbocycles. The fourth-order valence-corrected chi connectivity index (χ4v) is 5.96. The highest BCUT2D eigenvalue weighted by Crippen LogP contribution is 2.44. The number of amides is 2. The zero-order valence-electron chi connectivity index (χ0n) is 27.0. The Labute approximate surface area is 284 Å². The van der Waals surface area contributed by atoms with Crippen LogP contribution >= 0.6 is 0 Å². The number of carbonyl (C=O) groups is 2. The summed E-state index contributed by atoms with van der Waals surface area (Å²) in [5.74, 6) is -2.97. The van der Waals surface area contributed by atoms with E-state index >= 15 is 0 Å². The number of halogens is 2. The lowest BCUT2D eigenvalue weighted by Crippen LogP contribution is -2.38. The molecule has 0 spiro atoms. The molecular formula is C36H34F2N4O8. The Balaban J connectivity index is 1.45. The topological polar surface area (TPSA) is 171 Å². The van der Waals surface area contributed by atoms with Gasteiger partial charge in [0, 0.05) is 41.7 Å². The molecular weight excluding hydrogens is 654 g/mol. The van der Waals surface area contributed by atoms with Crippen molar-refractivity contribution in [1.29, 1.82) is 0 Å². The van der Waals surface area contributed by atoms with Crippen molar-refractivity contribution < 1.29 is 42.1 Å². The number of primary amides is 2. The van der Waals surface area contributed by atoms with Crippen molar-refractivity contribution >= 4 is 34.2 Å². The molecule has 5 N–H and O–H groups in total. The predicted molar refractivity (Wildman–Crippen MR) is 182 cm³/mol. The number of hydrogen-bond donors (Lipinski definition) is 3. The lowest BCUT2D eigenvalue weighted by atomic mass is 9.93. The third-order valence-corrected chi connectivity index (χ3v) is 8.19. The van der Waals surface area contributed by atoms with Crippen molar-refractivity contribution in [1.82, 2.24) is 0 Å². The minimum absolute atomic E-state index is 0.0159. The number of ether oxygens (including phenoxy) is 3. The maximum absolute atomic E-state index is 14.8. The Morgan fingerprint density at radius 3 is 2.06 bits per heavy atom. The summed E-state index contributed by atoms with van der Waals surface area (Å²) in [4.78, 5) is 39.8. The van der Waals surface area contributed by atoms with E-state index in [1.165, 1.54) is 0 Å². The second kappa shape index (κ2) is 14.3. The fourth-order valence-electron chi connectivity index (χ4n) is 5.96. The molecule has 0 unspecified atom stereocenters. The minimum atomic E-state index is -1.03. The maximum Gasteiger partial charge on any atom is 0.236 e. The van der Waals surface area contributed by atoms with E-state index < -0.39 is 34.6 Å². The first-order valence-corrected chi connectivity index (χ1v) is 15.7. The summed E-state index contributed by atoms with van der Waals surface area (Å²) in [5, 5.41) is 10.3. The van der Waals surface area contributed by atoms with Gasteiger partial charge in [-0.25, -0.2) is 8.78 Å². The average Bonchev–Trinajstić information content (AvgIpc) is 3.06. The van der Waals surface area contributed by atoms with E-state index in [1.807, 2.05) is 25.1 Å². The number of fused-ring (bicyclic) bond motifs is 4. The van der Waals surface area contributed by atoms with Gasteiger partial charge in [0.15, 0.2) is 17.4 Å². The summed E-state index contributed by atoms with van der Waals surface area (Å²) in [6, 6.07) is 14.7. The third-order valence-electron chi connectivity index (χ3n) is 8.19. The minimum Gasteiger partial charge on any atom is -0.505 e. The summed E-state index contributed by atoms with van der Waals surface area (Å²) in [7, 11) is 0. The van der Waals surface area contributed by atoms with Crippen molar-refractivity contribution in [2.75, 3.05) is 62.4 Å². The van der Waals surface area contributed by atoms with E-state index in [1.54, 1.807) is 28.0 Å². The highest BCUT2D eigenvalue weighted by molar-refractivity contribution is 6.02. The van der Waals surface area contributed by atoms with Gasteiger partial charge in [0.25, 0.3) is 0 Å². The largest absolute Gasteiger partial charge is 0.505 e. The van der Waals surface area contributed by atoms with Crippen LogP contribution in [0.3, 0.4) is 0 Å². The van der Waals surface area contributed by atoms with Gasteiger partial charge in [0.2, 0.25) is 17.2 Å². The van der Waals surface area contributed by atoms with Gasteiger partial charge in [0.05, 0.1) is 37.7 Å². The van der Waals surface area contributed by atoms with Gasteiger partial charge in [-0.05, 0) is 54.4 Å². The van der Waals surface area contributed by atoms with Gasteiger partial charge >= 0.3 is 0 Å².